The van der Waals surface area contributed by atoms with Crippen LogP contribution >= 0.6 is 0 Å². The Kier molecular flexibility index (Phi) is 8.25. The molecule has 0 bridgehead atoms. The molecule has 0 saturated carbocycles. The summed E-state index contributed by atoms with van der Waals surface area (Å²) < 4.78 is 87.1. The van der Waals surface area contributed by atoms with Gasteiger partial charge in [-0.3, -0.25) is 4.98 Å². The zero-order valence-electron chi connectivity index (χ0n) is 22.6. The van der Waals surface area contributed by atoms with Gasteiger partial charge in [-0.05, 0) is 53.9 Å². The van der Waals surface area contributed by atoms with Gasteiger partial charge in [0.05, 0.1) is 37.3 Å². The van der Waals surface area contributed by atoms with Crippen molar-refractivity contribution in [2.75, 3.05) is 20.7 Å². The van der Waals surface area contributed by atoms with E-state index in [-0.39, 0.29) is 34.5 Å². The number of aliphatic hydroxyl groups is 1. The van der Waals surface area contributed by atoms with Crippen molar-refractivity contribution in [2.24, 2.45) is 11.8 Å². The molecule has 1 aliphatic heterocycles. The van der Waals surface area contributed by atoms with Crippen LogP contribution in [0.4, 0.5) is 26.3 Å². The molecule has 4 nitrogen and oxygen atoms in total. The van der Waals surface area contributed by atoms with Crippen LogP contribution in [-0.2, 0) is 18.9 Å². The van der Waals surface area contributed by atoms with E-state index < -0.39 is 35.6 Å². The Morgan fingerprint density at radius 2 is 1.73 bits per heavy atom. The predicted octanol–water partition coefficient (Wildman–Crippen LogP) is 7.56. The summed E-state index contributed by atoms with van der Waals surface area (Å²) >= 11 is 0. The molecular weight excluding hydrogens is 534 g/mol. The van der Waals surface area contributed by atoms with E-state index in [1.807, 2.05) is 6.92 Å². The molecule has 0 radical (unpaired) electrons. The Labute approximate surface area is 229 Å². The van der Waals surface area contributed by atoms with Gasteiger partial charge in [0.15, 0.2) is 0 Å². The summed E-state index contributed by atoms with van der Waals surface area (Å²) in [6.45, 7) is 6.23. The summed E-state index contributed by atoms with van der Waals surface area (Å²) in [6, 6.07) is 8.16. The predicted molar refractivity (Wildman–Crippen MR) is 140 cm³/mol. The normalized spacial score (nSPS) is 24.6. The van der Waals surface area contributed by atoms with Crippen molar-refractivity contribution in [3.8, 4) is 5.75 Å². The fourth-order valence-corrected chi connectivity index (χ4v) is 6.16. The number of hydrogen-bond donors (Lipinski definition) is 1. The number of rotatable bonds is 7. The van der Waals surface area contributed by atoms with Crippen molar-refractivity contribution < 1.29 is 40.7 Å². The van der Waals surface area contributed by atoms with E-state index in [2.05, 4.69) is 11.6 Å². The number of aliphatic hydroxyl groups excluding tert-OH is 1. The number of piperidine rings is 1. The van der Waals surface area contributed by atoms with E-state index in [1.54, 1.807) is 43.6 Å². The van der Waals surface area contributed by atoms with Gasteiger partial charge in [0.2, 0.25) is 0 Å². The maximum absolute atomic E-state index is 13.6. The first-order valence-electron chi connectivity index (χ1n) is 13.1. The minimum absolute atomic E-state index is 0.0272. The lowest BCUT2D eigenvalue weighted by Gasteiger charge is -2.51. The number of nitrogens with zero attached hydrogens (tertiary/aromatic N) is 2. The number of halogens is 6. The molecule has 10 heteroatoms. The summed E-state index contributed by atoms with van der Waals surface area (Å²) in [5.41, 5.74) is -1.59. The summed E-state index contributed by atoms with van der Waals surface area (Å²) in [5, 5.41) is 12.6. The smallest absolute Gasteiger partial charge is 0.416 e. The minimum atomic E-state index is -4.94. The Morgan fingerprint density at radius 3 is 2.27 bits per heavy atom. The highest BCUT2D eigenvalue weighted by molar-refractivity contribution is 5.83. The zero-order valence-corrected chi connectivity index (χ0v) is 22.6. The number of likely N-dealkylation sites (tertiary alicyclic amines) is 1. The lowest BCUT2D eigenvalue weighted by atomic mass is 9.76. The molecule has 0 aliphatic carbocycles. The van der Waals surface area contributed by atoms with E-state index in [1.165, 1.54) is 7.11 Å². The number of pyridine rings is 1. The molecular formula is C30H33F6N2O2+. The summed E-state index contributed by atoms with van der Waals surface area (Å²) in [4.78, 5) is 4.37. The number of quaternary nitrogens is 1. The molecule has 0 amide bonds. The zero-order chi connectivity index (χ0) is 29.5. The Hall–Kier alpha value is -3.11. The highest BCUT2D eigenvalue weighted by Crippen LogP contribution is 2.44. The van der Waals surface area contributed by atoms with Crippen molar-refractivity contribution in [3.63, 3.8) is 0 Å². The van der Waals surface area contributed by atoms with Crippen molar-refractivity contribution >= 4 is 10.9 Å². The SMILES string of the molecule is C=CC1C[N+](C)(Cc2cc(C(F)(F)F)cc(C(F)(F)F)c2)[C@H]([C@H](O)c2ccnc3ccc(OC)cc23)CC1CC. The second-order valence-electron chi connectivity index (χ2n) is 10.8. The number of ether oxygens (including phenoxy) is 1. The largest absolute Gasteiger partial charge is 0.497 e. The molecule has 1 aliphatic rings. The minimum Gasteiger partial charge on any atom is -0.497 e. The molecule has 2 aromatic carbocycles. The molecule has 0 spiro atoms. The number of benzene rings is 2. The monoisotopic (exact) mass is 567 g/mol. The second kappa shape index (κ2) is 11.0. The van der Waals surface area contributed by atoms with Gasteiger partial charge >= 0.3 is 12.4 Å². The topological polar surface area (TPSA) is 42.4 Å². The van der Waals surface area contributed by atoms with Gasteiger partial charge in [0, 0.05) is 29.5 Å². The number of hydrogen-bond acceptors (Lipinski definition) is 3. The Balaban J connectivity index is 1.83. The summed E-state index contributed by atoms with van der Waals surface area (Å²) in [7, 11) is 3.31. The van der Waals surface area contributed by atoms with Gasteiger partial charge in [0.1, 0.15) is 24.4 Å². The molecule has 216 valence electrons. The lowest BCUT2D eigenvalue weighted by Crippen LogP contribution is -2.60. The van der Waals surface area contributed by atoms with Gasteiger partial charge in [-0.15, -0.1) is 6.58 Å². The average molecular weight is 568 g/mol. The van der Waals surface area contributed by atoms with Crippen LogP contribution in [0.2, 0.25) is 0 Å². The maximum Gasteiger partial charge on any atom is 0.416 e. The summed E-state index contributed by atoms with van der Waals surface area (Å²) in [5.74, 6) is 0.676. The van der Waals surface area contributed by atoms with Crippen molar-refractivity contribution in [3.05, 3.63) is 83.6 Å². The van der Waals surface area contributed by atoms with E-state index in [0.29, 0.717) is 35.2 Å². The van der Waals surface area contributed by atoms with Crippen LogP contribution < -0.4 is 4.74 Å². The van der Waals surface area contributed by atoms with Crippen molar-refractivity contribution in [1.82, 2.24) is 4.98 Å². The van der Waals surface area contributed by atoms with Crippen LogP contribution in [0.1, 0.15) is 48.1 Å². The van der Waals surface area contributed by atoms with Gasteiger partial charge in [-0.25, -0.2) is 0 Å². The van der Waals surface area contributed by atoms with E-state index in [0.717, 1.165) is 18.6 Å². The molecule has 1 aromatic heterocycles. The fraction of sp³-hybridized carbons (Fsp3) is 0.433. The number of alkyl halides is 6. The van der Waals surface area contributed by atoms with Crippen LogP contribution in [0.3, 0.4) is 0 Å². The van der Waals surface area contributed by atoms with Gasteiger partial charge in [0.25, 0.3) is 0 Å². The third kappa shape index (κ3) is 5.98. The highest BCUT2D eigenvalue weighted by atomic mass is 19.4. The van der Waals surface area contributed by atoms with E-state index >= 15 is 0 Å². The average Bonchev–Trinajstić information content (AvgIpc) is 2.90. The lowest BCUT2D eigenvalue weighted by molar-refractivity contribution is -0.958. The molecule has 1 saturated heterocycles. The van der Waals surface area contributed by atoms with Crippen molar-refractivity contribution in [2.45, 2.75) is 50.8 Å². The molecule has 5 atom stereocenters. The van der Waals surface area contributed by atoms with Gasteiger partial charge in [-0.1, -0.05) is 19.4 Å². The fourth-order valence-electron chi connectivity index (χ4n) is 6.16. The first kappa shape index (κ1) is 29.9. The number of aromatic nitrogens is 1. The van der Waals surface area contributed by atoms with Gasteiger partial charge in [-0.2, -0.15) is 26.3 Å². The van der Waals surface area contributed by atoms with Crippen LogP contribution in [0.15, 0.2) is 61.3 Å². The molecule has 3 unspecified atom stereocenters. The third-order valence-corrected chi connectivity index (χ3v) is 8.26. The van der Waals surface area contributed by atoms with Crippen LogP contribution in [0, 0.1) is 11.8 Å². The molecule has 2 heterocycles. The van der Waals surface area contributed by atoms with Crippen LogP contribution in [0.5, 0.6) is 5.75 Å². The van der Waals surface area contributed by atoms with Gasteiger partial charge < -0.3 is 14.3 Å². The standard InChI is InChI=1S/C30H33F6N2O2/c1-5-19-13-27(28(39)24-9-10-37-26-8-7-23(40-4)15-25(24)26)38(3,17-20(19)6-2)16-18-11-21(29(31,32)33)14-22(12-18)30(34,35)36/h6-12,14-15,19-20,27-28,39H,2,5,13,16-17H2,1,3-4H3/q+1/t19?,20?,27-,28+,38?/m0/s1. The highest BCUT2D eigenvalue weighted by Gasteiger charge is 2.48. The Morgan fingerprint density at radius 1 is 1.07 bits per heavy atom. The maximum atomic E-state index is 13.6. The van der Waals surface area contributed by atoms with Crippen molar-refractivity contribution in [1.29, 1.82) is 0 Å². The third-order valence-electron chi connectivity index (χ3n) is 8.26. The molecule has 4 rings (SSSR count). The van der Waals surface area contributed by atoms with E-state index in [4.69, 9.17) is 4.74 Å². The number of fused-ring (bicyclic) bond motifs is 1. The van der Waals surface area contributed by atoms with Crippen LogP contribution in [-0.4, -0.2) is 41.3 Å². The van der Waals surface area contributed by atoms with Crippen LogP contribution in [0.25, 0.3) is 10.9 Å². The first-order chi connectivity index (χ1) is 18.7. The Bertz CT molecular complexity index is 1340. The number of methoxy groups -OCH3 is 1. The second-order valence-corrected chi connectivity index (χ2v) is 10.8. The van der Waals surface area contributed by atoms with E-state index in [9.17, 15) is 31.4 Å². The molecule has 40 heavy (non-hydrogen) atoms. The molecule has 3 aromatic rings. The summed E-state index contributed by atoms with van der Waals surface area (Å²) in [6.07, 6.45) is -6.30. The number of likely N-dealkylation sites (N-methyl/N-ethyl adjacent to an activating group) is 1. The molecule has 1 fully saturated rings. The first-order valence-corrected chi connectivity index (χ1v) is 13.1. The quantitative estimate of drug-likeness (QED) is 0.182. The molecule has 1 N–H and O–H groups in total.